The number of carbonyl (C=O) groups excluding carboxylic acids is 2. The molecule has 2 aromatic rings. The zero-order chi connectivity index (χ0) is 21.0. The molecule has 0 aliphatic carbocycles. The van der Waals surface area contributed by atoms with Crippen LogP contribution in [0.25, 0.3) is 11.2 Å². The average Bonchev–Trinajstić information content (AvgIpc) is 3.12. The van der Waals surface area contributed by atoms with Crippen LogP contribution in [0.3, 0.4) is 0 Å². The number of rotatable bonds is 7. The zero-order valence-corrected chi connectivity index (χ0v) is 17.1. The van der Waals surface area contributed by atoms with E-state index < -0.39 is 0 Å². The van der Waals surface area contributed by atoms with Gasteiger partial charge in [0.15, 0.2) is 5.65 Å². The lowest BCUT2D eigenvalue weighted by Crippen LogP contribution is -2.49. The molecule has 3 atom stereocenters. The average molecular weight is 400 g/mol. The third kappa shape index (κ3) is 4.73. The number of piperidine rings is 1. The van der Waals surface area contributed by atoms with Crippen LogP contribution in [0.15, 0.2) is 25.0 Å². The monoisotopic (exact) mass is 400 g/mol. The highest BCUT2D eigenvalue weighted by atomic mass is 16.5. The van der Waals surface area contributed by atoms with Gasteiger partial charge in [0.25, 0.3) is 5.91 Å². The van der Waals surface area contributed by atoms with Crippen LogP contribution in [0.4, 0.5) is 5.82 Å². The number of likely N-dealkylation sites (tertiary alicyclic amines) is 1. The Kier molecular flexibility index (Phi) is 6.48. The molecule has 1 fully saturated rings. The number of hydrogen-bond acceptors (Lipinski definition) is 6. The molecular formula is C20H28N6O3. The van der Waals surface area contributed by atoms with Crippen molar-refractivity contribution in [3.63, 3.8) is 0 Å². The Labute approximate surface area is 169 Å². The second-order valence-corrected chi connectivity index (χ2v) is 7.45. The quantitative estimate of drug-likeness (QED) is 0.610. The van der Waals surface area contributed by atoms with E-state index in [0.29, 0.717) is 35.7 Å². The summed E-state index contributed by atoms with van der Waals surface area (Å²) in [6.45, 7) is 8.49. The van der Waals surface area contributed by atoms with Crippen LogP contribution in [-0.2, 0) is 9.53 Å². The third-order valence-electron chi connectivity index (χ3n) is 5.11. The first-order valence-electron chi connectivity index (χ1n) is 9.76. The topological polar surface area (TPSA) is 112 Å². The molecule has 156 valence electrons. The Hall–Kier alpha value is -2.94. The molecule has 0 bridgehead atoms. The summed E-state index contributed by atoms with van der Waals surface area (Å²) in [4.78, 5) is 38.4. The maximum Gasteiger partial charge on any atom is 0.255 e. The SMILES string of the molecule is C=CC(=O)N1C[C@H](Nc2cnc3[nH]cc(C(=O)N[C@H](C)COC)c3n2)CC[C@@H]1C. The van der Waals surface area contributed by atoms with E-state index in [2.05, 4.69) is 32.2 Å². The van der Waals surface area contributed by atoms with Crippen LogP contribution in [0.1, 0.15) is 37.0 Å². The van der Waals surface area contributed by atoms with Gasteiger partial charge in [-0.15, -0.1) is 0 Å². The first kappa shape index (κ1) is 20.8. The lowest BCUT2D eigenvalue weighted by atomic mass is 9.99. The molecule has 1 saturated heterocycles. The van der Waals surface area contributed by atoms with Gasteiger partial charge in [0.05, 0.1) is 18.4 Å². The Morgan fingerprint density at radius 1 is 1.48 bits per heavy atom. The van der Waals surface area contributed by atoms with Crippen LogP contribution < -0.4 is 10.6 Å². The van der Waals surface area contributed by atoms with Gasteiger partial charge in [-0.2, -0.15) is 0 Å². The second kappa shape index (κ2) is 9.04. The number of hydrogen-bond donors (Lipinski definition) is 3. The van der Waals surface area contributed by atoms with Crippen molar-refractivity contribution in [1.29, 1.82) is 0 Å². The molecule has 1 aliphatic heterocycles. The molecule has 1 aliphatic rings. The largest absolute Gasteiger partial charge is 0.383 e. The van der Waals surface area contributed by atoms with Crippen LogP contribution in [0.5, 0.6) is 0 Å². The molecule has 29 heavy (non-hydrogen) atoms. The summed E-state index contributed by atoms with van der Waals surface area (Å²) in [5.74, 6) is 0.267. The van der Waals surface area contributed by atoms with Gasteiger partial charge in [0.1, 0.15) is 11.3 Å². The first-order chi connectivity index (χ1) is 13.9. The molecule has 3 N–H and O–H groups in total. The van der Waals surface area contributed by atoms with Gasteiger partial charge in [-0.3, -0.25) is 9.59 Å². The first-order valence-corrected chi connectivity index (χ1v) is 9.76. The van der Waals surface area contributed by atoms with Crippen molar-refractivity contribution in [2.45, 2.75) is 44.8 Å². The number of carbonyl (C=O) groups is 2. The fourth-order valence-corrected chi connectivity index (χ4v) is 3.59. The van der Waals surface area contributed by atoms with Crippen LogP contribution in [0, 0.1) is 0 Å². The smallest absolute Gasteiger partial charge is 0.255 e. The van der Waals surface area contributed by atoms with Crippen LogP contribution >= 0.6 is 0 Å². The fourth-order valence-electron chi connectivity index (χ4n) is 3.59. The fraction of sp³-hybridized carbons (Fsp3) is 0.500. The molecule has 0 aromatic carbocycles. The third-order valence-corrected chi connectivity index (χ3v) is 5.11. The van der Waals surface area contributed by atoms with Gasteiger partial charge in [0, 0.05) is 38.0 Å². The van der Waals surface area contributed by atoms with E-state index in [1.54, 1.807) is 19.5 Å². The normalized spacial score (nSPS) is 20.3. The Morgan fingerprint density at radius 3 is 3.00 bits per heavy atom. The number of anilines is 1. The lowest BCUT2D eigenvalue weighted by molar-refractivity contribution is -0.129. The number of fused-ring (bicyclic) bond motifs is 1. The van der Waals surface area contributed by atoms with Crippen molar-refractivity contribution < 1.29 is 14.3 Å². The molecular weight excluding hydrogens is 372 g/mol. The van der Waals surface area contributed by atoms with Crippen molar-refractivity contribution in [2.75, 3.05) is 25.6 Å². The highest BCUT2D eigenvalue weighted by Crippen LogP contribution is 2.22. The zero-order valence-electron chi connectivity index (χ0n) is 17.1. The van der Waals surface area contributed by atoms with Crippen LogP contribution in [0.2, 0.25) is 0 Å². The van der Waals surface area contributed by atoms with Gasteiger partial charge >= 0.3 is 0 Å². The molecule has 2 aromatic heterocycles. The van der Waals surface area contributed by atoms with Crippen molar-refractivity contribution >= 4 is 28.8 Å². The second-order valence-electron chi connectivity index (χ2n) is 7.45. The number of H-pyrrole nitrogens is 1. The Balaban J connectivity index is 1.75. The molecule has 3 heterocycles. The molecule has 9 nitrogen and oxygen atoms in total. The van der Waals surface area contributed by atoms with Gasteiger partial charge < -0.3 is 25.3 Å². The highest BCUT2D eigenvalue weighted by molar-refractivity contribution is 6.04. The molecule has 2 amide bonds. The molecule has 0 radical (unpaired) electrons. The van der Waals surface area contributed by atoms with E-state index in [1.165, 1.54) is 6.08 Å². The molecule has 3 rings (SSSR count). The molecule has 0 unspecified atom stereocenters. The van der Waals surface area contributed by atoms with Gasteiger partial charge in [0.2, 0.25) is 5.91 Å². The summed E-state index contributed by atoms with van der Waals surface area (Å²) in [7, 11) is 1.59. The van der Waals surface area contributed by atoms with Gasteiger partial charge in [-0.25, -0.2) is 9.97 Å². The minimum absolute atomic E-state index is 0.0554. The van der Waals surface area contributed by atoms with E-state index >= 15 is 0 Å². The van der Waals surface area contributed by atoms with Gasteiger partial charge in [-0.1, -0.05) is 6.58 Å². The van der Waals surface area contributed by atoms with Gasteiger partial charge in [-0.05, 0) is 32.8 Å². The minimum Gasteiger partial charge on any atom is -0.383 e. The summed E-state index contributed by atoms with van der Waals surface area (Å²) in [5, 5.41) is 6.23. The van der Waals surface area contributed by atoms with E-state index in [4.69, 9.17) is 4.74 Å². The van der Waals surface area contributed by atoms with Crippen molar-refractivity contribution in [3.8, 4) is 0 Å². The number of nitrogens with zero attached hydrogens (tertiary/aromatic N) is 3. The molecule has 0 saturated carbocycles. The number of aromatic nitrogens is 3. The van der Waals surface area contributed by atoms with Crippen molar-refractivity contribution in [1.82, 2.24) is 25.2 Å². The van der Waals surface area contributed by atoms with E-state index in [-0.39, 0.29) is 29.9 Å². The minimum atomic E-state index is -0.235. The maximum absolute atomic E-state index is 12.6. The lowest BCUT2D eigenvalue weighted by Gasteiger charge is -2.37. The summed E-state index contributed by atoms with van der Waals surface area (Å²) in [5.41, 5.74) is 1.47. The standard InChI is InChI=1S/C20H28N6O3/c1-5-17(27)26-10-14(7-6-13(26)3)24-16-9-22-19-18(25-16)15(8-21-19)20(28)23-12(2)11-29-4/h5,8-9,12-14H,1,6-7,10-11H2,2-4H3,(H,21,22)(H,23,28)(H,24,25)/t12-,13+,14-/m1/s1. The molecule has 0 spiro atoms. The number of nitrogens with one attached hydrogen (secondary N) is 3. The van der Waals surface area contributed by atoms with Crippen LogP contribution in [-0.4, -0.2) is 70.1 Å². The van der Waals surface area contributed by atoms with Crippen molar-refractivity contribution in [2.24, 2.45) is 0 Å². The Morgan fingerprint density at radius 2 is 2.28 bits per heavy atom. The van der Waals surface area contributed by atoms with E-state index in [1.807, 2.05) is 18.7 Å². The molecule has 9 heteroatoms. The summed E-state index contributed by atoms with van der Waals surface area (Å²) < 4.78 is 5.06. The van der Waals surface area contributed by atoms with E-state index in [9.17, 15) is 9.59 Å². The maximum atomic E-state index is 12.6. The number of methoxy groups -OCH3 is 1. The number of aromatic amines is 1. The van der Waals surface area contributed by atoms with E-state index in [0.717, 1.165) is 12.8 Å². The summed E-state index contributed by atoms with van der Waals surface area (Å²) in [6.07, 6.45) is 6.39. The predicted molar refractivity (Wildman–Crippen MR) is 111 cm³/mol. The predicted octanol–water partition coefficient (Wildman–Crippen LogP) is 1.70. The number of ether oxygens (including phenoxy) is 1. The highest BCUT2D eigenvalue weighted by Gasteiger charge is 2.28. The summed E-state index contributed by atoms with van der Waals surface area (Å²) >= 11 is 0. The summed E-state index contributed by atoms with van der Waals surface area (Å²) in [6, 6.07) is 0.116. The van der Waals surface area contributed by atoms with Crippen molar-refractivity contribution in [3.05, 3.63) is 30.6 Å². The number of amides is 2. The Bertz CT molecular complexity index is 895.